The quantitative estimate of drug-likeness (QED) is 0.858. The normalized spacial score (nSPS) is 18.7. The van der Waals surface area contributed by atoms with Crippen LogP contribution in [0, 0.1) is 0 Å². The molecule has 0 radical (unpaired) electrons. The number of nitrogens with zero attached hydrogens (tertiary/aromatic N) is 2. The Balaban J connectivity index is 2.04. The third-order valence-electron chi connectivity index (χ3n) is 3.64. The Bertz CT molecular complexity index is 499. The summed E-state index contributed by atoms with van der Waals surface area (Å²) in [6.07, 6.45) is 3.33. The van der Waals surface area contributed by atoms with Gasteiger partial charge in [-0.1, -0.05) is 5.16 Å². The second-order valence-electron chi connectivity index (χ2n) is 5.19. The second kappa shape index (κ2) is 7.21. The van der Waals surface area contributed by atoms with E-state index in [-0.39, 0.29) is 30.7 Å². The van der Waals surface area contributed by atoms with E-state index >= 15 is 0 Å². The first-order chi connectivity index (χ1) is 10.1. The van der Waals surface area contributed by atoms with Gasteiger partial charge in [-0.05, 0) is 25.7 Å². The fourth-order valence-electron chi connectivity index (χ4n) is 2.63. The molecule has 1 fully saturated rings. The van der Waals surface area contributed by atoms with E-state index < -0.39 is 5.97 Å². The molecule has 0 saturated carbocycles. The monoisotopic (exact) mass is 296 g/mol. The molecule has 7 nitrogen and oxygen atoms in total. The first-order valence-electron chi connectivity index (χ1n) is 7.09. The van der Waals surface area contributed by atoms with Gasteiger partial charge in [-0.25, -0.2) is 0 Å². The maximum Gasteiger partial charge on any atom is 0.303 e. The molecule has 0 aromatic carbocycles. The predicted octanol–water partition coefficient (Wildman–Crippen LogP) is 1.68. The van der Waals surface area contributed by atoms with Gasteiger partial charge in [0.05, 0.1) is 0 Å². The highest BCUT2D eigenvalue weighted by Crippen LogP contribution is 2.23. The van der Waals surface area contributed by atoms with Gasteiger partial charge in [-0.3, -0.25) is 9.59 Å². The van der Waals surface area contributed by atoms with Crippen LogP contribution in [0.5, 0.6) is 0 Å². The van der Waals surface area contributed by atoms with Gasteiger partial charge in [0.15, 0.2) is 11.5 Å². The number of amides is 1. The van der Waals surface area contributed by atoms with Crippen LogP contribution in [-0.4, -0.2) is 46.7 Å². The number of carboxylic acid groups (broad SMARTS) is 1. The van der Waals surface area contributed by atoms with E-state index in [1.807, 2.05) is 0 Å². The summed E-state index contributed by atoms with van der Waals surface area (Å²) in [7, 11) is 1.54. The molecule has 0 aliphatic carbocycles. The van der Waals surface area contributed by atoms with Crippen LogP contribution >= 0.6 is 0 Å². The molecule has 2 heterocycles. The topological polar surface area (TPSA) is 92.9 Å². The lowest BCUT2D eigenvalue weighted by atomic mass is 9.97. The molecule has 116 valence electrons. The van der Waals surface area contributed by atoms with Gasteiger partial charge < -0.3 is 19.3 Å². The minimum Gasteiger partial charge on any atom is -0.481 e. The van der Waals surface area contributed by atoms with E-state index in [1.54, 1.807) is 11.0 Å². The number of carboxylic acids is 1. The van der Waals surface area contributed by atoms with E-state index in [1.165, 1.54) is 7.11 Å². The second-order valence-corrected chi connectivity index (χ2v) is 5.19. The zero-order valence-electron chi connectivity index (χ0n) is 12.1. The molecule has 7 heteroatoms. The van der Waals surface area contributed by atoms with Gasteiger partial charge in [0, 0.05) is 32.2 Å². The molecule has 1 aliphatic rings. The Morgan fingerprint density at radius 2 is 2.33 bits per heavy atom. The van der Waals surface area contributed by atoms with Crippen molar-refractivity contribution in [1.82, 2.24) is 10.1 Å². The minimum atomic E-state index is -0.836. The zero-order chi connectivity index (χ0) is 15.2. The molecular formula is C14H20N2O5. The molecule has 1 aromatic heterocycles. The van der Waals surface area contributed by atoms with Gasteiger partial charge >= 0.3 is 5.97 Å². The third kappa shape index (κ3) is 4.04. The molecule has 0 spiro atoms. The Labute approximate surface area is 122 Å². The average Bonchev–Trinajstić information content (AvgIpc) is 2.94. The summed E-state index contributed by atoms with van der Waals surface area (Å²) in [5.41, 5.74) is 0.254. The first-order valence-corrected chi connectivity index (χ1v) is 7.09. The summed E-state index contributed by atoms with van der Waals surface area (Å²) in [6.45, 7) is 0.901. The van der Waals surface area contributed by atoms with Gasteiger partial charge in [-0.15, -0.1) is 0 Å². The van der Waals surface area contributed by atoms with Crippen molar-refractivity contribution < 1.29 is 24.0 Å². The molecule has 0 bridgehead atoms. The van der Waals surface area contributed by atoms with Crippen LogP contribution in [0.1, 0.15) is 48.4 Å². The van der Waals surface area contributed by atoms with Crippen molar-refractivity contribution in [3.8, 4) is 0 Å². The first kappa shape index (κ1) is 15.5. The summed E-state index contributed by atoms with van der Waals surface area (Å²) in [4.78, 5) is 24.9. The van der Waals surface area contributed by atoms with Crippen LogP contribution < -0.4 is 0 Å². The maximum atomic E-state index is 12.5. The van der Waals surface area contributed by atoms with Gasteiger partial charge in [-0.2, -0.15) is 0 Å². The number of hydrogen-bond acceptors (Lipinski definition) is 5. The largest absolute Gasteiger partial charge is 0.481 e. The van der Waals surface area contributed by atoms with Crippen molar-refractivity contribution in [3.05, 3.63) is 17.5 Å². The number of carbonyl (C=O) groups excluding carboxylic acids is 1. The number of carbonyl (C=O) groups is 2. The molecule has 0 unspecified atom stereocenters. The van der Waals surface area contributed by atoms with Gasteiger partial charge in [0.1, 0.15) is 6.61 Å². The third-order valence-corrected chi connectivity index (χ3v) is 3.64. The van der Waals surface area contributed by atoms with Crippen molar-refractivity contribution in [2.45, 2.75) is 44.8 Å². The van der Waals surface area contributed by atoms with Crippen LogP contribution in [0.15, 0.2) is 10.6 Å². The smallest absolute Gasteiger partial charge is 0.303 e. The molecule has 1 amide bonds. The molecule has 1 aliphatic heterocycles. The lowest BCUT2D eigenvalue weighted by Gasteiger charge is -2.35. The highest BCUT2D eigenvalue weighted by atomic mass is 16.5. The van der Waals surface area contributed by atoms with Gasteiger partial charge in [0.25, 0.3) is 5.91 Å². The molecular weight excluding hydrogens is 276 g/mol. The van der Waals surface area contributed by atoms with Crippen molar-refractivity contribution in [2.75, 3.05) is 13.7 Å². The van der Waals surface area contributed by atoms with Crippen LogP contribution in [0.4, 0.5) is 0 Å². The van der Waals surface area contributed by atoms with Crippen LogP contribution in [0.3, 0.4) is 0 Å². The van der Waals surface area contributed by atoms with Crippen molar-refractivity contribution in [1.29, 1.82) is 0 Å². The SMILES string of the molecule is COCc1cc(C(=O)N2CCCC[C@@H]2CCC(=O)O)no1. The Morgan fingerprint density at radius 3 is 3.05 bits per heavy atom. The average molecular weight is 296 g/mol. The van der Waals surface area contributed by atoms with E-state index in [2.05, 4.69) is 5.16 Å². The lowest BCUT2D eigenvalue weighted by Crippen LogP contribution is -2.44. The predicted molar refractivity (Wildman–Crippen MR) is 72.8 cm³/mol. The molecule has 1 atom stereocenters. The molecule has 1 aromatic rings. The summed E-state index contributed by atoms with van der Waals surface area (Å²) in [5, 5.41) is 12.6. The number of methoxy groups -OCH3 is 1. The number of likely N-dealkylation sites (tertiary alicyclic amines) is 1. The van der Waals surface area contributed by atoms with E-state index in [0.29, 0.717) is 18.7 Å². The van der Waals surface area contributed by atoms with Crippen molar-refractivity contribution in [3.63, 3.8) is 0 Å². The zero-order valence-corrected chi connectivity index (χ0v) is 12.1. The Kier molecular flexibility index (Phi) is 5.32. The fourth-order valence-corrected chi connectivity index (χ4v) is 2.63. The molecule has 1 N–H and O–H groups in total. The van der Waals surface area contributed by atoms with Crippen molar-refractivity contribution >= 4 is 11.9 Å². The molecule has 21 heavy (non-hydrogen) atoms. The number of aliphatic carboxylic acids is 1. The summed E-state index contributed by atoms with van der Waals surface area (Å²) in [5.74, 6) is -0.534. The fraction of sp³-hybridized carbons (Fsp3) is 0.643. The van der Waals surface area contributed by atoms with E-state index in [0.717, 1.165) is 19.3 Å². The highest BCUT2D eigenvalue weighted by molar-refractivity contribution is 5.92. The Hall–Kier alpha value is -1.89. The van der Waals surface area contributed by atoms with E-state index in [9.17, 15) is 9.59 Å². The van der Waals surface area contributed by atoms with Crippen LogP contribution in [0.2, 0.25) is 0 Å². The lowest BCUT2D eigenvalue weighted by molar-refractivity contribution is -0.137. The Morgan fingerprint density at radius 1 is 1.52 bits per heavy atom. The van der Waals surface area contributed by atoms with Crippen LogP contribution in [-0.2, 0) is 16.1 Å². The highest BCUT2D eigenvalue weighted by Gasteiger charge is 2.29. The number of hydrogen-bond donors (Lipinski definition) is 1. The van der Waals surface area contributed by atoms with Crippen molar-refractivity contribution in [2.24, 2.45) is 0 Å². The number of rotatable bonds is 6. The van der Waals surface area contributed by atoms with Crippen LogP contribution in [0.25, 0.3) is 0 Å². The van der Waals surface area contributed by atoms with Gasteiger partial charge in [0.2, 0.25) is 0 Å². The summed E-state index contributed by atoms with van der Waals surface area (Å²) in [6, 6.07) is 1.54. The summed E-state index contributed by atoms with van der Waals surface area (Å²) >= 11 is 0. The minimum absolute atomic E-state index is 0.0371. The number of aromatic nitrogens is 1. The number of ether oxygens (including phenoxy) is 1. The maximum absolute atomic E-state index is 12.5. The standard InChI is InChI=1S/C14H20N2O5/c1-20-9-11-8-12(15-21-11)14(19)16-7-3-2-4-10(16)5-6-13(17)18/h8,10H,2-7,9H2,1H3,(H,17,18)/t10-/m1/s1. The molecule has 1 saturated heterocycles. The van der Waals surface area contributed by atoms with E-state index in [4.69, 9.17) is 14.4 Å². The summed E-state index contributed by atoms with van der Waals surface area (Å²) < 4.78 is 9.96. The molecule has 2 rings (SSSR count). The number of piperidine rings is 1.